The first-order valence-electron chi connectivity index (χ1n) is 14.1. The lowest BCUT2D eigenvalue weighted by Crippen LogP contribution is -2.42. The van der Waals surface area contributed by atoms with Crippen molar-refractivity contribution in [2.24, 2.45) is 4.99 Å². The minimum Gasteiger partial charge on any atom is -0.503 e. The number of amidine groups is 1. The number of halogens is 1. The van der Waals surface area contributed by atoms with Crippen LogP contribution in [-0.4, -0.2) is 45.3 Å². The van der Waals surface area contributed by atoms with Gasteiger partial charge in [0.1, 0.15) is 5.57 Å². The highest BCUT2D eigenvalue weighted by molar-refractivity contribution is 8.14. The van der Waals surface area contributed by atoms with Crippen LogP contribution in [0.4, 0.5) is 0 Å². The van der Waals surface area contributed by atoms with E-state index in [4.69, 9.17) is 16.3 Å². The van der Waals surface area contributed by atoms with Crippen molar-refractivity contribution in [1.82, 2.24) is 10.2 Å². The molecule has 3 aromatic carbocycles. The molecule has 0 spiro atoms. The Morgan fingerprint density at radius 3 is 2.33 bits per heavy atom. The molecule has 1 heterocycles. The van der Waals surface area contributed by atoms with Gasteiger partial charge in [0.05, 0.1) is 23.4 Å². The summed E-state index contributed by atoms with van der Waals surface area (Å²) in [5.74, 6) is -1.98. The second kappa shape index (κ2) is 15.7. The lowest BCUT2D eigenvalue weighted by molar-refractivity contribution is -0.126. The first-order chi connectivity index (χ1) is 21.8. The third kappa shape index (κ3) is 8.20. The van der Waals surface area contributed by atoms with E-state index in [0.717, 1.165) is 22.9 Å². The summed E-state index contributed by atoms with van der Waals surface area (Å²) in [6.07, 6.45) is 7.89. The summed E-state index contributed by atoms with van der Waals surface area (Å²) < 4.78 is 5.44. The molecule has 0 aromatic heterocycles. The molecule has 1 aliphatic heterocycles. The van der Waals surface area contributed by atoms with Crippen LogP contribution in [0.3, 0.4) is 0 Å². The maximum atomic E-state index is 13.9. The molecule has 0 bridgehead atoms. The Balaban J connectivity index is 1.64. The maximum Gasteiger partial charge on any atom is 0.285 e. The molecule has 0 saturated carbocycles. The number of aliphatic imine (C=N–C) groups is 1. The van der Waals surface area contributed by atoms with Crippen LogP contribution >= 0.6 is 23.4 Å². The van der Waals surface area contributed by atoms with Crippen molar-refractivity contribution in [3.63, 3.8) is 0 Å². The Kier molecular flexibility index (Phi) is 11.6. The molecular weight excluding hydrogens is 610 g/mol. The molecule has 0 radical (unpaired) electrons. The summed E-state index contributed by atoms with van der Waals surface area (Å²) >= 11 is 7.15. The van der Waals surface area contributed by atoms with Gasteiger partial charge in [-0.15, -0.1) is 0 Å². The average molecular weight is 642 g/mol. The molecule has 1 aliphatic rings. The summed E-state index contributed by atoms with van der Waals surface area (Å²) in [6, 6.07) is 21.7. The number of allylic oxidation sites excluding steroid dienone is 4. The first-order valence-corrected chi connectivity index (χ1v) is 15.5. The number of nitrogens with one attached hydrogen (secondary N) is 1. The highest BCUT2D eigenvalue weighted by Gasteiger charge is 2.35. The monoisotopic (exact) mass is 641 g/mol. The number of thioether (sulfide) groups is 1. The normalized spacial score (nSPS) is 14.7. The van der Waals surface area contributed by atoms with Crippen LogP contribution in [0.25, 0.3) is 6.08 Å². The van der Waals surface area contributed by atoms with E-state index in [-0.39, 0.29) is 45.5 Å². The number of hydrogen-bond donors (Lipinski definition) is 2. The van der Waals surface area contributed by atoms with Gasteiger partial charge in [0, 0.05) is 5.70 Å². The zero-order valence-corrected chi connectivity index (χ0v) is 26.3. The number of nitrogens with zero attached hydrogens (tertiary/aromatic N) is 2. The minimum atomic E-state index is -0.782. The summed E-state index contributed by atoms with van der Waals surface area (Å²) in [6.45, 7) is 7.45. The molecule has 4 rings (SSSR count). The van der Waals surface area contributed by atoms with Gasteiger partial charge in [0.15, 0.2) is 16.7 Å². The molecule has 8 nitrogen and oxygen atoms in total. The molecule has 10 heteroatoms. The Hall–Kier alpha value is -4.86. The second-order valence-corrected chi connectivity index (χ2v) is 10.9. The smallest absolute Gasteiger partial charge is 0.285 e. The molecule has 3 amide bonds. The molecule has 2 N–H and O–H groups in total. The number of phenols is 1. The number of phenolic OH excluding ortho intramolecular Hbond substituents is 1. The van der Waals surface area contributed by atoms with Gasteiger partial charge in [-0.05, 0) is 54.8 Å². The van der Waals surface area contributed by atoms with Crippen molar-refractivity contribution in [2.75, 3.05) is 12.4 Å². The van der Waals surface area contributed by atoms with E-state index in [1.54, 1.807) is 38.2 Å². The van der Waals surface area contributed by atoms with E-state index < -0.39 is 17.9 Å². The van der Waals surface area contributed by atoms with Gasteiger partial charge in [-0.1, -0.05) is 109 Å². The topological polar surface area (TPSA) is 108 Å². The van der Waals surface area contributed by atoms with Crippen LogP contribution in [0.2, 0.25) is 5.02 Å². The number of hydrogen-bond acceptors (Lipinski definition) is 6. The zero-order chi connectivity index (χ0) is 32.3. The molecular formula is C35H32ClN3O5S. The SMILES string of the molecule is C=C/C=C\C(=C/C)N1C(=O)/C(=C/c2cc(Cl)c(O)c(OCC)c2)C(=O)N=C1SCC(=O)NC(c1ccccc1)c1ccccc1. The summed E-state index contributed by atoms with van der Waals surface area (Å²) in [7, 11) is 0. The van der Waals surface area contributed by atoms with Gasteiger partial charge in [0.2, 0.25) is 5.91 Å². The van der Waals surface area contributed by atoms with E-state index >= 15 is 0 Å². The van der Waals surface area contributed by atoms with Crippen molar-refractivity contribution < 1.29 is 24.2 Å². The molecule has 0 saturated heterocycles. The fraction of sp³-hybridized carbons (Fsp3) is 0.143. The fourth-order valence-electron chi connectivity index (χ4n) is 4.50. The molecule has 0 atom stereocenters. The van der Waals surface area contributed by atoms with Gasteiger partial charge in [-0.2, -0.15) is 4.99 Å². The zero-order valence-electron chi connectivity index (χ0n) is 24.8. The second-order valence-electron chi connectivity index (χ2n) is 9.60. The number of carbonyl (C=O) groups excluding carboxylic acids is 3. The van der Waals surface area contributed by atoms with Crippen LogP contribution in [-0.2, 0) is 14.4 Å². The highest BCUT2D eigenvalue weighted by Crippen LogP contribution is 2.36. The fourth-order valence-corrected chi connectivity index (χ4v) is 5.53. The number of rotatable bonds is 11. The first kappa shape index (κ1) is 33.0. The summed E-state index contributed by atoms with van der Waals surface area (Å²) in [5.41, 5.74) is 2.38. The van der Waals surface area contributed by atoms with Crippen LogP contribution in [0, 0.1) is 0 Å². The standard InChI is InChI=1S/C35H32ClN3O5S/c1-4-7-18-26(5-2)39-34(43)27(19-23-20-28(36)32(41)29(21-23)44-6-3)33(42)38-35(39)45-22-30(40)37-31(24-14-10-8-11-15-24)25-16-12-9-13-17-25/h4-5,7-21,31,41H,1,6,22H2,2-3H3,(H,37,40)/b18-7-,26-5+,27-19+. The predicted octanol–water partition coefficient (Wildman–Crippen LogP) is 6.84. The lowest BCUT2D eigenvalue weighted by atomic mass is 9.99. The van der Waals surface area contributed by atoms with Crippen molar-refractivity contribution in [2.45, 2.75) is 19.9 Å². The molecule has 0 fully saturated rings. The van der Waals surface area contributed by atoms with E-state index in [9.17, 15) is 19.5 Å². The number of carbonyl (C=O) groups is 3. The van der Waals surface area contributed by atoms with Crippen LogP contribution < -0.4 is 10.1 Å². The Labute approximate surface area is 271 Å². The van der Waals surface area contributed by atoms with Gasteiger partial charge in [-0.25, -0.2) is 0 Å². The number of aromatic hydroxyl groups is 1. The van der Waals surface area contributed by atoms with Gasteiger partial charge in [0.25, 0.3) is 11.8 Å². The summed E-state index contributed by atoms with van der Waals surface area (Å²) in [4.78, 5) is 46.0. The van der Waals surface area contributed by atoms with Crippen LogP contribution in [0.15, 0.2) is 120 Å². The largest absolute Gasteiger partial charge is 0.503 e. The van der Waals surface area contributed by atoms with E-state index in [1.807, 2.05) is 60.7 Å². The van der Waals surface area contributed by atoms with Gasteiger partial charge in [-0.3, -0.25) is 19.3 Å². The number of benzene rings is 3. The Bertz CT molecular complexity index is 1660. The number of ether oxygens (including phenoxy) is 1. The minimum absolute atomic E-state index is 0.00140. The predicted molar refractivity (Wildman–Crippen MR) is 180 cm³/mol. The third-order valence-corrected chi connectivity index (χ3v) is 7.80. The average Bonchev–Trinajstić information content (AvgIpc) is 3.05. The van der Waals surface area contributed by atoms with Crippen molar-refractivity contribution in [3.8, 4) is 11.5 Å². The van der Waals surface area contributed by atoms with E-state index in [1.165, 1.54) is 23.1 Å². The van der Waals surface area contributed by atoms with Crippen LogP contribution in [0.5, 0.6) is 11.5 Å². The van der Waals surface area contributed by atoms with E-state index in [2.05, 4.69) is 16.9 Å². The van der Waals surface area contributed by atoms with Crippen molar-refractivity contribution >= 4 is 52.3 Å². The Morgan fingerprint density at radius 1 is 1.11 bits per heavy atom. The van der Waals surface area contributed by atoms with Crippen LogP contribution in [0.1, 0.15) is 36.6 Å². The lowest BCUT2D eigenvalue weighted by Gasteiger charge is -2.28. The van der Waals surface area contributed by atoms with Crippen molar-refractivity contribution in [1.29, 1.82) is 0 Å². The quantitative estimate of drug-likeness (QED) is 0.135. The number of amides is 3. The highest BCUT2D eigenvalue weighted by atomic mass is 35.5. The molecule has 3 aromatic rings. The van der Waals surface area contributed by atoms with Gasteiger partial charge >= 0.3 is 0 Å². The Morgan fingerprint density at radius 2 is 1.76 bits per heavy atom. The maximum absolute atomic E-state index is 13.9. The van der Waals surface area contributed by atoms with Gasteiger partial charge < -0.3 is 15.2 Å². The van der Waals surface area contributed by atoms with E-state index in [0.29, 0.717) is 11.3 Å². The molecule has 0 aliphatic carbocycles. The summed E-state index contributed by atoms with van der Waals surface area (Å²) in [5, 5.41) is 13.3. The third-order valence-electron chi connectivity index (χ3n) is 6.57. The molecule has 45 heavy (non-hydrogen) atoms. The molecule has 230 valence electrons. The van der Waals surface area contributed by atoms with Crippen molar-refractivity contribution in [3.05, 3.63) is 137 Å². The molecule has 0 unspecified atom stereocenters.